The molecular formula is C22H24N2O2. The predicted molar refractivity (Wildman–Crippen MR) is 101 cm³/mol. The van der Waals surface area contributed by atoms with Crippen molar-refractivity contribution in [1.82, 2.24) is 4.90 Å². The Hall–Kier alpha value is -2.46. The molecule has 0 aromatic heterocycles. The van der Waals surface area contributed by atoms with Crippen LogP contribution in [0.4, 0.5) is 0 Å². The summed E-state index contributed by atoms with van der Waals surface area (Å²) in [6.45, 7) is 1.44. The number of carbonyl (C=O) groups excluding carboxylic acids is 2. The van der Waals surface area contributed by atoms with E-state index >= 15 is 0 Å². The van der Waals surface area contributed by atoms with E-state index in [2.05, 4.69) is 12.1 Å². The molecule has 0 bridgehead atoms. The second-order valence-electron chi connectivity index (χ2n) is 7.18. The van der Waals surface area contributed by atoms with Crippen molar-refractivity contribution in [3.63, 3.8) is 0 Å². The lowest BCUT2D eigenvalue weighted by atomic mass is 9.84. The summed E-state index contributed by atoms with van der Waals surface area (Å²) in [5.74, 6) is -0.0479. The van der Waals surface area contributed by atoms with Gasteiger partial charge in [-0.1, -0.05) is 43.2 Å². The number of nitrogens with two attached hydrogens (primary N) is 1. The van der Waals surface area contributed by atoms with E-state index in [-0.39, 0.29) is 17.7 Å². The molecule has 26 heavy (non-hydrogen) atoms. The number of carbonyl (C=O) groups is 2. The first-order valence-electron chi connectivity index (χ1n) is 9.47. The third kappa shape index (κ3) is 2.74. The third-order valence-corrected chi connectivity index (χ3v) is 5.56. The number of amides is 1. The van der Waals surface area contributed by atoms with Gasteiger partial charge >= 0.3 is 0 Å². The van der Waals surface area contributed by atoms with Crippen LogP contribution >= 0.6 is 0 Å². The highest BCUT2D eigenvalue weighted by Crippen LogP contribution is 2.47. The van der Waals surface area contributed by atoms with E-state index in [1.54, 1.807) is 18.2 Å². The Bertz CT molecular complexity index is 847. The number of ketones is 1. The molecule has 1 aliphatic heterocycles. The molecule has 0 fully saturated rings. The molecule has 2 aliphatic carbocycles. The van der Waals surface area contributed by atoms with Crippen molar-refractivity contribution in [1.29, 1.82) is 0 Å². The summed E-state index contributed by atoms with van der Waals surface area (Å²) >= 11 is 0. The minimum Gasteiger partial charge on any atom is -0.330 e. The van der Waals surface area contributed by atoms with Crippen LogP contribution in [-0.2, 0) is 16.0 Å². The lowest BCUT2D eigenvalue weighted by Crippen LogP contribution is -2.42. The zero-order valence-corrected chi connectivity index (χ0v) is 14.9. The van der Waals surface area contributed by atoms with Gasteiger partial charge in [0.05, 0.1) is 11.6 Å². The molecule has 0 radical (unpaired) electrons. The summed E-state index contributed by atoms with van der Waals surface area (Å²) < 4.78 is 0. The summed E-state index contributed by atoms with van der Waals surface area (Å²) in [7, 11) is 0. The number of allylic oxidation sites excluding steroid dienone is 3. The highest BCUT2D eigenvalue weighted by atomic mass is 16.2. The molecule has 2 N–H and O–H groups in total. The van der Waals surface area contributed by atoms with Gasteiger partial charge in [-0.05, 0) is 54.7 Å². The first kappa shape index (κ1) is 17.0. The van der Waals surface area contributed by atoms with Crippen LogP contribution in [0.1, 0.15) is 42.9 Å². The average Bonchev–Trinajstić information content (AvgIpc) is 3.03. The van der Waals surface area contributed by atoms with E-state index in [0.29, 0.717) is 17.7 Å². The molecule has 3 aliphatic rings. The second-order valence-corrected chi connectivity index (χ2v) is 7.18. The second kappa shape index (κ2) is 7.04. The van der Waals surface area contributed by atoms with Crippen molar-refractivity contribution in [3.05, 3.63) is 70.3 Å². The van der Waals surface area contributed by atoms with E-state index in [0.717, 1.165) is 44.2 Å². The normalized spacial score (nSPS) is 20.9. The van der Waals surface area contributed by atoms with Crippen molar-refractivity contribution in [2.24, 2.45) is 5.73 Å². The molecule has 1 aromatic rings. The Balaban J connectivity index is 1.70. The maximum Gasteiger partial charge on any atom is 0.255 e. The summed E-state index contributed by atoms with van der Waals surface area (Å²) in [4.78, 5) is 27.7. The molecule has 1 amide bonds. The van der Waals surface area contributed by atoms with Crippen LogP contribution in [0.25, 0.3) is 0 Å². The highest BCUT2D eigenvalue weighted by Gasteiger charge is 2.44. The number of unbranched alkanes of at least 4 members (excludes halogenated alkanes) is 3. The Kier molecular flexibility index (Phi) is 4.60. The highest BCUT2D eigenvalue weighted by molar-refractivity contribution is 6.19. The topological polar surface area (TPSA) is 63.4 Å². The van der Waals surface area contributed by atoms with Crippen molar-refractivity contribution in [2.75, 3.05) is 13.1 Å². The Morgan fingerprint density at radius 1 is 1.08 bits per heavy atom. The van der Waals surface area contributed by atoms with Gasteiger partial charge in [-0.25, -0.2) is 0 Å². The SMILES string of the molecule is NCCCCCCN1C(=O)C2=CC=CC(=O)C2=C2Cc3ccccc3C21. The summed E-state index contributed by atoms with van der Waals surface area (Å²) in [5, 5.41) is 0. The fourth-order valence-electron chi connectivity index (χ4n) is 4.36. The number of hydrogen-bond donors (Lipinski definition) is 1. The summed E-state index contributed by atoms with van der Waals surface area (Å²) in [6, 6.07) is 8.16. The standard InChI is InChI=1S/C22H24N2O2/c23-12-5-1-2-6-13-24-21-16-9-4-3-8-15(16)14-18(21)20-17(22(24)26)10-7-11-19(20)25/h3-4,7-11,21H,1-2,5-6,12-14,23H2. The number of benzene rings is 1. The number of fused-ring (bicyclic) bond motifs is 4. The van der Waals surface area contributed by atoms with Crippen molar-refractivity contribution < 1.29 is 9.59 Å². The molecule has 0 saturated carbocycles. The quantitative estimate of drug-likeness (QED) is 0.804. The first-order valence-corrected chi connectivity index (χ1v) is 9.47. The van der Waals surface area contributed by atoms with Gasteiger partial charge in [0.2, 0.25) is 0 Å². The zero-order chi connectivity index (χ0) is 18.1. The lowest BCUT2D eigenvalue weighted by Gasteiger charge is -2.37. The molecular weight excluding hydrogens is 324 g/mol. The van der Waals surface area contributed by atoms with Crippen LogP contribution in [0.5, 0.6) is 0 Å². The molecule has 1 unspecified atom stereocenters. The molecule has 134 valence electrons. The molecule has 4 nitrogen and oxygen atoms in total. The molecule has 0 saturated heterocycles. The van der Waals surface area contributed by atoms with Crippen molar-refractivity contribution >= 4 is 11.7 Å². The predicted octanol–water partition coefficient (Wildman–Crippen LogP) is 3.01. The average molecular weight is 348 g/mol. The number of rotatable bonds is 6. The van der Waals surface area contributed by atoms with Gasteiger partial charge < -0.3 is 10.6 Å². The fourth-order valence-corrected chi connectivity index (χ4v) is 4.36. The van der Waals surface area contributed by atoms with Gasteiger partial charge in [0.1, 0.15) is 0 Å². The van der Waals surface area contributed by atoms with E-state index in [1.807, 2.05) is 17.0 Å². The third-order valence-electron chi connectivity index (χ3n) is 5.56. The maximum atomic E-state index is 13.2. The minimum absolute atomic E-state index is 0.0121. The van der Waals surface area contributed by atoms with E-state index in [9.17, 15) is 9.59 Å². The summed E-state index contributed by atoms with van der Waals surface area (Å²) in [5.41, 5.74) is 10.3. The maximum absolute atomic E-state index is 13.2. The van der Waals surface area contributed by atoms with Gasteiger partial charge in [-0.15, -0.1) is 0 Å². The Morgan fingerprint density at radius 3 is 2.73 bits per heavy atom. The van der Waals surface area contributed by atoms with Crippen LogP contribution < -0.4 is 5.73 Å². The fraction of sp³-hybridized carbons (Fsp3) is 0.364. The molecule has 0 spiro atoms. The number of hydrogen-bond acceptors (Lipinski definition) is 3. The van der Waals surface area contributed by atoms with Crippen LogP contribution in [-0.4, -0.2) is 29.7 Å². The van der Waals surface area contributed by atoms with Gasteiger partial charge in [0.15, 0.2) is 5.78 Å². The Labute approximate surface area is 154 Å². The number of nitrogens with zero attached hydrogens (tertiary/aromatic N) is 1. The van der Waals surface area contributed by atoms with E-state index in [1.165, 1.54) is 11.1 Å². The zero-order valence-electron chi connectivity index (χ0n) is 14.9. The molecule has 1 aromatic carbocycles. The van der Waals surface area contributed by atoms with E-state index in [4.69, 9.17) is 5.73 Å². The summed E-state index contributed by atoms with van der Waals surface area (Å²) in [6.07, 6.45) is 9.97. The monoisotopic (exact) mass is 348 g/mol. The van der Waals surface area contributed by atoms with Crippen molar-refractivity contribution in [2.45, 2.75) is 38.1 Å². The van der Waals surface area contributed by atoms with Crippen LogP contribution in [0.3, 0.4) is 0 Å². The lowest BCUT2D eigenvalue weighted by molar-refractivity contribution is -0.130. The van der Waals surface area contributed by atoms with Crippen LogP contribution in [0.2, 0.25) is 0 Å². The first-order chi connectivity index (χ1) is 12.7. The van der Waals surface area contributed by atoms with Crippen molar-refractivity contribution in [3.8, 4) is 0 Å². The van der Waals surface area contributed by atoms with Crippen LogP contribution in [0, 0.1) is 0 Å². The van der Waals surface area contributed by atoms with Gasteiger partial charge in [0.25, 0.3) is 5.91 Å². The van der Waals surface area contributed by atoms with Gasteiger partial charge in [0, 0.05) is 12.1 Å². The van der Waals surface area contributed by atoms with Gasteiger partial charge in [-0.2, -0.15) is 0 Å². The molecule has 1 atom stereocenters. The largest absolute Gasteiger partial charge is 0.330 e. The smallest absolute Gasteiger partial charge is 0.255 e. The minimum atomic E-state index is -0.0872. The Morgan fingerprint density at radius 2 is 1.88 bits per heavy atom. The van der Waals surface area contributed by atoms with E-state index < -0.39 is 0 Å². The van der Waals surface area contributed by atoms with Crippen LogP contribution in [0.15, 0.2) is 59.2 Å². The van der Waals surface area contributed by atoms with Gasteiger partial charge in [-0.3, -0.25) is 9.59 Å². The molecule has 4 rings (SSSR count). The molecule has 1 heterocycles. The molecule has 4 heteroatoms.